The third-order valence-corrected chi connectivity index (χ3v) is 11.5. The summed E-state index contributed by atoms with van der Waals surface area (Å²) in [4.78, 5) is 4.59. The summed E-state index contributed by atoms with van der Waals surface area (Å²) < 4.78 is 0. The highest BCUT2D eigenvalue weighted by Crippen LogP contribution is 2.28. The minimum absolute atomic E-state index is 0.742. The number of aryl methyl sites for hydroxylation is 1. The van der Waals surface area contributed by atoms with E-state index in [-0.39, 0.29) is 0 Å². The van der Waals surface area contributed by atoms with Crippen molar-refractivity contribution in [2.75, 3.05) is 11.9 Å². The average Bonchev–Trinajstić information content (AvgIpc) is 2.55. The van der Waals surface area contributed by atoms with Crippen molar-refractivity contribution < 1.29 is 0 Å². The van der Waals surface area contributed by atoms with Gasteiger partial charge >= 0.3 is 0 Å². The molecule has 0 amide bonds. The second-order valence-corrected chi connectivity index (χ2v) is 12.6. The Morgan fingerprint density at radius 1 is 1.09 bits per heavy atom. The van der Waals surface area contributed by atoms with Crippen molar-refractivity contribution in [3.05, 3.63) is 35.0 Å². The van der Waals surface area contributed by atoms with Crippen LogP contribution in [0, 0.1) is 6.92 Å². The molecule has 1 aromatic carbocycles. The van der Waals surface area contributed by atoms with E-state index in [0.29, 0.717) is 0 Å². The second-order valence-electron chi connectivity index (χ2n) is 6.56. The number of nitrogens with zero attached hydrogens (tertiary/aromatic N) is 1. The van der Waals surface area contributed by atoms with Gasteiger partial charge in [0.1, 0.15) is 0 Å². The molecule has 0 atom stereocenters. The number of halogens is 1. The van der Waals surface area contributed by atoms with Crippen LogP contribution in [0.25, 0.3) is 10.9 Å². The Balaban J connectivity index is 2.05. The molecule has 0 aliphatic carbocycles. The van der Waals surface area contributed by atoms with Crippen molar-refractivity contribution in [3.63, 3.8) is 0 Å². The highest BCUT2D eigenvalue weighted by atomic mass is 35.5. The zero-order valence-electron chi connectivity index (χ0n) is 14.9. The lowest BCUT2D eigenvalue weighted by molar-refractivity contribution is 0.927. The first-order valence-corrected chi connectivity index (χ1v) is 12.0. The van der Waals surface area contributed by atoms with E-state index in [1.165, 1.54) is 36.3 Å². The molecule has 0 spiro atoms. The summed E-state index contributed by atoms with van der Waals surface area (Å²) in [5.41, 5.74) is 3.18. The lowest BCUT2D eigenvalue weighted by Gasteiger charge is -2.28. The third-order valence-electron chi connectivity index (χ3n) is 5.35. The summed E-state index contributed by atoms with van der Waals surface area (Å²) in [6.45, 7) is 10.2. The maximum Gasteiger partial charge on any atom is 0.0740 e. The van der Waals surface area contributed by atoms with Gasteiger partial charge < -0.3 is 5.32 Å². The van der Waals surface area contributed by atoms with Crippen molar-refractivity contribution in [3.8, 4) is 0 Å². The normalized spacial score (nSPS) is 11.9. The summed E-state index contributed by atoms with van der Waals surface area (Å²) in [5, 5.41) is 5.53. The van der Waals surface area contributed by atoms with Crippen LogP contribution in [0.5, 0.6) is 0 Å². The van der Waals surface area contributed by atoms with Crippen LogP contribution < -0.4 is 5.32 Å². The fourth-order valence-corrected chi connectivity index (χ4v) is 7.10. The lowest BCUT2D eigenvalue weighted by atomic mass is 10.1. The summed E-state index contributed by atoms with van der Waals surface area (Å²) in [5.74, 6) is 0. The average molecular weight is 349 g/mol. The third kappa shape index (κ3) is 4.48. The molecular weight excluding hydrogens is 320 g/mol. The summed E-state index contributed by atoms with van der Waals surface area (Å²) in [6, 6.07) is 13.8. The second kappa shape index (κ2) is 8.16. The van der Waals surface area contributed by atoms with E-state index in [1.54, 1.807) is 0 Å². The number of benzene rings is 1. The Morgan fingerprint density at radius 2 is 1.78 bits per heavy atom. The van der Waals surface area contributed by atoms with Crippen molar-refractivity contribution in [2.45, 2.75) is 58.3 Å². The number of aromatic nitrogens is 1. The topological polar surface area (TPSA) is 24.9 Å². The van der Waals surface area contributed by atoms with Gasteiger partial charge in [-0.2, -0.15) is 0 Å². The van der Waals surface area contributed by atoms with Crippen LogP contribution in [0.15, 0.2) is 24.3 Å². The van der Waals surface area contributed by atoms with E-state index in [2.05, 4.69) is 43.2 Å². The zero-order valence-corrected chi connectivity index (χ0v) is 16.6. The molecule has 0 radical (unpaired) electrons. The molecule has 2 rings (SSSR count). The molecule has 1 aromatic heterocycles. The molecule has 0 aliphatic rings. The lowest BCUT2D eigenvalue weighted by Crippen LogP contribution is -2.31. The number of rotatable bonds is 8. The minimum atomic E-state index is -0.997. The summed E-state index contributed by atoms with van der Waals surface area (Å²) in [6.07, 6.45) is 1.26. The molecule has 1 heterocycles. The molecule has 0 bridgehead atoms. The van der Waals surface area contributed by atoms with Crippen LogP contribution >= 0.6 is 11.6 Å². The number of pyridine rings is 1. The number of nitrogens with one attached hydrogen (secondary N) is 1. The highest BCUT2D eigenvalue weighted by molar-refractivity contribution is 6.79. The maximum atomic E-state index is 6.09. The Hall–Kier alpha value is -1.06. The number of anilines is 1. The van der Waals surface area contributed by atoms with Gasteiger partial charge in [-0.15, -0.1) is 0 Å². The van der Waals surface area contributed by atoms with Crippen molar-refractivity contribution in [1.82, 2.24) is 4.98 Å². The van der Waals surface area contributed by atoms with Crippen LogP contribution in [0.4, 0.5) is 5.69 Å². The molecule has 2 aromatic rings. The van der Waals surface area contributed by atoms with E-state index in [0.717, 1.165) is 28.2 Å². The van der Waals surface area contributed by atoms with Crippen molar-refractivity contribution in [1.29, 1.82) is 0 Å². The molecule has 4 heteroatoms. The Kier molecular flexibility index (Phi) is 6.48. The van der Waals surface area contributed by atoms with Gasteiger partial charge in [-0.3, -0.25) is 4.98 Å². The number of hydrogen-bond donors (Lipinski definition) is 1. The SMILES string of the molecule is CC[Si](CC)(CC)CCCNc1cc(C)nc2cc(Cl)ccc12. The quantitative estimate of drug-likeness (QED) is 0.434. The van der Waals surface area contributed by atoms with Gasteiger partial charge in [0.2, 0.25) is 0 Å². The van der Waals surface area contributed by atoms with E-state index in [1.807, 2.05) is 19.1 Å². The van der Waals surface area contributed by atoms with Crippen LogP contribution in [-0.4, -0.2) is 19.6 Å². The largest absolute Gasteiger partial charge is 0.384 e. The maximum absolute atomic E-state index is 6.09. The molecule has 23 heavy (non-hydrogen) atoms. The Labute approximate surface area is 146 Å². The summed E-state index contributed by atoms with van der Waals surface area (Å²) in [7, 11) is -0.997. The predicted octanol–water partition coefficient (Wildman–Crippen LogP) is 6.51. The zero-order chi connectivity index (χ0) is 16.9. The van der Waals surface area contributed by atoms with Crippen LogP contribution in [0.2, 0.25) is 29.2 Å². The number of hydrogen-bond acceptors (Lipinski definition) is 2. The van der Waals surface area contributed by atoms with Gasteiger partial charge in [0.25, 0.3) is 0 Å². The predicted molar refractivity (Wildman–Crippen MR) is 107 cm³/mol. The fourth-order valence-electron chi connectivity index (χ4n) is 3.45. The van der Waals surface area contributed by atoms with Crippen LogP contribution in [-0.2, 0) is 0 Å². The fraction of sp³-hybridized carbons (Fsp3) is 0.526. The van der Waals surface area contributed by atoms with Gasteiger partial charge in [-0.05, 0) is 37.6 Å². The summed E-state index contributed by atoms with van der Waals surface area (Å²) >= 11 is 6.09. The van der Waals surface area contributed by atoms with Gasteiger partial charge in [-0.25, -0.2) is 0 Å². The van der Waals surface area contributed by atoms with Gasteiger partial charge in [0.15, 0.2) is 0 Å². The van der Waals surface area contributed by atoms with Gasteiger partial charge in [-0.1, -0.05) is 56.5 Å². The molecule has 0 aliphatic heterocycles. The first-order chi connectivity index (χ1) is 11.0. The Morgan fingerprint density at radius 3 is 2.43 bits per heavy atom. The van der Waals surface area contributed by atoms with Gasteiger partial charge in [0.05, 0.1) is 13.6 Å². The van der Waals surface area contributed by atoms with E-state index in [4.69, 9.17) is 11.6 Å². The van der Waals surface area contributed by atoms with E-state index in [9.17, 15) is 0 Å². The van der Waals surface area contributed by atoms with Crippen molar-refractivity contribution in [2.24, 2.45) is 0 Å². The highest BCUT2D eigenvalue weighted by Gasteiger charge is 2.25. The van der Waals surface area contributed by atoms with Crippen LogP contribution in [0.1, 0.15) is 32.9 Å². The van der Waals surface area contributed by atoms with E-state index >= 15 is 0 Å². The van der Waals surface area contributed by atoms with Crippen LogP contribution in [0.3, 0.4) is 0 Å². The molecule has 0 fully saturated rings. The van der Waals surface area contributed by atoms with E-state index < -0.39 is 8.07 Å². The molecule has 0 saturated heterocycles. The smallest absolute Gasteiger partial charge is 0.0740 e. The Bertz CT molecular complexity index is 640. The molecular formula is C19H29ClN2Si. The first-order valence-electron chi connectivity index (χ1n) is 8.84. The van der Waals surface area contributed by atoms with Crippen molar-refractivity contribution >= 4 is 36.3 Å². The molecule has 2 nitrogen and oxygen atoms in total. The number of fused-ring (bicyclic) bond motifs is 1. The first kappa shape index (κ1) is 18.3. The molecule has 0 saturated carbocycles. The molecule has 0 unspecified atom stereocenters. The minimum Gasteiger partial charge on any atom is -0.384 e. The molecule has 1 N–H and O–H groups in total. The van der Waals surface area contributed by atoms with Gasteiger partial charge in [0, 0.05) is 28.3 Å². The standard InChI is InChI=1S/C19H29ClN2Si/c1-5-23(6-2,7-3)12-8-11-21-18-13-15(4)22-19-14-16(20)9-10-17(18)19/h9-10,13-14H,5-8,11-12H2,1-4H3,(H,21,22). The molecule has 126 valence electrons. The monoisotopic (exact) mass is 348 g/mol.